The number of anilines is 1. The number of carbonyl (C=O) groups is 1. The molecule has 0 radical (unpaired) electrons. The van der Waals surface area contributed by atoms with E-state index in [1.54, 1.807) is 18.2 Å². The SMILES string of the molecule is COc1ccc(C(=O)Nc2ccccc2Br)cc1S(=O)(=O)NC1CCCCC1C. The largest absolute Gasteiger partial charge is 0.495 e. The third-order valence-electron chi connectivity index (χ3n) is 5.26. The molecule has 0 spiro atoms. The Kier molecular flexibility index (Phi) is 6.97. The zero-order valence-electron chi connectivity index (χ0n) is 16.4. The molecule has 29 heavy (non-hydrogen) atoms. The Morgan fingerprint density at radius 2 is 1.86 bits per heavy atom. The topological polar surface area (TPSA) is 84.5 Å². The van der Waals surface area contributed by atoms with Gasteiger partial charge in [-0.05, 0) is 65.0 Å². The van der Waals surface area contributed by atoms with Crippen molar-refractivity contribution >= 4 is 37.5 Å². The first kappa shape index (κ1) is 21.8. The second-order valence-electron chi connectivity index (χ2n) is 7.29. The van der Waals surface area contributed by atoms with Gasteiger partial charge in [-0.2, -0.15) is 0 Å². The van der Waals surface area contributed by atoms with Crippen LogP contribution in [-0.4, -0.2) is 27.5 Å². The van der Waals surface area contributed by atoms with E-state index >= 15 is 0 Å². The first-order valence-electron chi connectivity index (χ1n) is 9.58. The van der Waals surface area contributed by atoms with E-state index < -0.39 is 15.9 Å². The summed E-state index contributed by atoms with van der Waals surface area (Å²) in [6, 6.07) is 11.5. The number of halogens is 1. The number of carbonyl (C=O) groups excluding carboxylic acids is 1. The van der Waals surface area contributed by atoms with Gasteiger partial charge < -0.3 is 10.1 Å². The smallest absolute Gasteiger partial charge is 0.255 e. The second-order valence-corrected chi connectivity index (χ2v) is 9.83. The molecule has 2 atom stereocenters. The molecule has 1 aliphatic carbocycles. The minimum absolute atomic E-state index is 0.0300. The average Bonchev–Trinajstić information content (AvgIpc) is 2.70. The average molecular weight is 481 g/mol. The Labute approximate surface area is 180 Å². The fourth-order valence-corrected chi connectivity index (χ4v) is 5.50. The number of methoxy groups -OCH3 is 1. The number of hydrogen-bond acceptors (Lipinski definition) is 4. The number of ether oxygens (including phenoxy) is 1. The minimum Gasteiger partial charge on any atom is -0.495 e. The molecule has 1 saturated carbocycles. The van der Waals surface area contributed by atoms with E-state index in [9.17, 15) is 13.2 Å². The molecule has 0 saturated heterocycles. The lowest BCUT2D eigenvalue weighted by atomic mass is 9.87. The standard InChI is InChI=1S/C21H25BrN2O4S/c1-14-7-3-5-9-17(14)24-29(26,27)20-13-15(11-12-19(20)28-2)21(25)23-18-10-6-4-8-16(18)22/h4,6,8,10-14,17,24H,3,5,7,9H2,1-2H3,(H,23,25). The number of sulfonamides is 1. The molecule has 2 unspecified atom stereocenters. The predicted octanol–water partition coefficient (Wildman–Crippen LogP) is 4.57. The lowest BCUT2D eigenvalue weighted by Gasteiger charge is -2.29. The molecular formula is C21H25BrN2O4S. The maximum Gasteiger partial charge on any atom is 0.255 e. The van der Waals surface area contributed by atoms with E-state index in [0.717, 1.165) is 30.2 Å². The van der Waals surface area contributed by atoms with Crippen molar-refractivity contribution in [1.29, 1.82) is 0 Å². The van der Waals surface area contributed by atoms with Gasteiger partial charge in [-0.15, -0.1) is 0 Å². The Hall–Kier alpha value is -1.90. The molecule has 1 aliphatic rings. The van der Waals surface area contributed by atoms with Gasteiger partial charge in [0.25, 0.3) is 5.91 Å². The van der Waals surface area contributed by atoms with Gasteiger partial charge in [0.05, 0.1) is 12.8 Å². The van der Waals surface area contributed by atoms with Crippen molar-refractivity contribution in [3.63, 3.8) is 0 Å². The van der Waals surface area contributed by atoms with Crippen LogP contribution in [0.2, 0.25) is 0 Å². The van der Waals surface area contributed by atoms with Crippen molar-refractivity contribution in [3.05, 3.63) is 52.5 Å². The molecule has 0 bridgehead atoms. The summed E-state index contributed by atoms with van der Waals surface area (Å²) in [7, 11) is -2.42. The fraction of sp³-hybridized carbons (Fsp3) is 0.381. The predicted molar refractivity (Wildman–Crippen MR) is 117 cm³/mol. The van der Waals surface area contributed by atoms with Gasteiger partial charge in [0.15, 0.2) is 0 Å². The summed E-state index contributed by atoms with van der Waals surface area (Å²) in [6.45, 7) is 2.06. The molecule has 2 N–H and O–H groups in total. The van der Waals surface area contributed by atoms with Crippen LogP contribution in [0.15, 0.2) is 51.8 Å². The molecule has 0 aliphatic heterocycles. The highest BCUT2D eigenvalue weighted by Crippen LogP contribution is 2.29. The van der Waals surface area contributed by atoms with Gasteiger partial charge in [0.2, 0.25) is 10.0 Å². The maximum absolute atomic E-state index is 13.1. The van der Waals surface area contributed by atoms with Crippen LogP contribution < -0.4 is 14.8 Å². The summed E-state index contributed by atoms with van der Waals surface area (Å²) in [6.07, 6.45) is 3.93. The van der Waals surface area contributed by atoms with Crippen LogP contribution in [0.25, 0.3) is 0 Å². The molecule has 1 fully saturated rings. The van der Waals surface area contributed by atoms with E-state index in [1.807, 2.05) is 12.1 Å². The molecule has 1 amide bonds. The highest BCUT2D eigenvalue weighted by atomic mass is 79.9. The first-order valence-corrected chi connectivity index (χ1v) is 11.9. The van der Waals surface area contributed by atoms with E-state index in [2.05, 4.69) is 32.9 Å². The minimum atomic E-state index is -3.84. The van der Waals surface area contributed by atoms with Crippen LogP contribution in [0, 0.1) is 5.92 Å². The van der Waals surface area contributed by atoms with E-state index in [0.29, 0.717) is 5.69 Å². The summed E-state index contributed by atoms with van der Waals surface area (Å²) in [5, 5.41) is 2.79. The van der Waals surface area contributed by atoms with Crippen LogP contribution in [-0.2, 0) is 10.0 Å². The number of hydrogen-bond donors (Lipinski definition) is 2. The third-order valence-corrected chi connectivity index (χ3v) is 7.46. The lowest BCUT2D eigenvalue weighted by Crippen LogP contribution is -2.41. The monoisotopic (exact) mass is 480 g/mol. The van der Waals surface area contributed by atoms with Crippen molar-refractivity contribution < 1.29 is 17.9 Å². The third kappa shape index (κ3) is 5.18. The van der Waals surface area contributed by atoms with Gasteiger partial charge in [0.1, 0.15) is 10.6 Å². The molecule has 8 heteroatoms. The summed E-state index contributed by atoms with van der Waals surface area (Å²) in [5.74, 6) is 0.0758. The zero-order chi connectivity index (χ0) is 21.0. The highest BCUT2D eigenvalue weighted by Gasteiger charge is 2.29. The van der Waals surface area contributed by atoms with Crippen LogP contribution in [0.5, 0.6) is 5.75 Å². The number of rotatable bonds is 6. The molecule has 2 aromatic carbocycles. The first-order chi connectivity index (χ1) is 13.8. The maximum atomic E-state index is 13.1. The molecule has 0 heterocycles. The lowest BCUT2D eigenvalue weighted by molar-refractivity contribution is 0.102. The molecule has 2 aromatic rings. The Morgan fingerprint density at radius 1 is 1.14 bits per heavy atom. The Bertz CT molecular complexity index is 994. The summed E-state index contributed by atoms with van der Waals surface area (Å²) >= 11 is 3.39. The number of para-hydroxylation sites is 1. The normalized spacial score (nSPS) is 19.6. The second kappa shape index (κ2) is 9.28. The Balaban J connectivity index is 1.88. The number of nitrogens with one attached hydrogen (secondary N) is 2. The van der Waals surface area contributed by atoms with Crippen LogP contribution in [0.1, 0.15) is 43.0 Å². The summed E-state index contributed by atoms with van der Waals surface area (Å²) in [4.78, 5) is 12.7. The summed E-state index contributed by atoms with van der Waals surface area (Å²) in [5.41, 5.74) is 0.838. The van der Waals surface area contributed by atoms with Crippen molar-refractivity contribution in [1.82, 2.24) is 4.72 Å². The van der Waals surface area contributed by atoms with Gasteiger partial charge in [-0.1, -0.05) is 31.9 Å². The van der Waals surface area contributed by atoms with Gasteiger partial charge >= 0.3 is 0 Å². The molecule has 0 aromatic heterocycles. The van der Waals surface area contributed by atoms with E-state index in [1.165, 1.54) is 19.2 Å². The molecule has 6 nitrogen and oxygen atoms in total. The van der Waals surface area contributed by atoms with Gasteiger partial charge in [0, 0.05) is 16.1 Å². The summed E-state index contributed by atoms with van der Waals surface area (Å²) < 4.78 is 35.0. The molecule has 156 valence electrons. The molecular weight excluding hydrogens is 456 g/mol. The quantitative estimate of drug-likeness (QED) is 0.633. The Morgan fingerprint density at radius 3 is 2.55 bits per heavy atom. The van der Waals surface area contributed by atoms with Crippen molar-refractivity contribution in [3.8, 4) is 5.75 Å². The highest BCUT2D eigenvalue weighted by molar-refractivity contribution is 9.10. The molecule has 3 rings (SSSR count). The van der Waals surface area contributed by atoms with Crippen LogP contribution >= 0.6 is 15.9 Å². The van der Waals surface area contributed by atoms with Crippen molar-refractivity contribution in [2.24, 2.45) is 5.92 Å². The number of amides is 1. The van der Waals surface area contributed by atoms with E-state index in [-0.39, 0.29) is 28.2 Å². The van der Waals surface area contributed by atoms with Crippen molar-refractivity contribution in [2.75, 3.05) is 12.4 Å². The number of benzene rings is 2. The van der Waals surface area contributed by atoms with Crippen LogP contribution in [0.3, 0.4) is 0 Å². The van der Waals surface area contributed by atoms with Crippen LogP contribution in [0.4, 0.5) is 5.69 Å². The van der Waals surface area contributed by atoms with Gasteiger partial charge in [-0.3, -0.25) is 4.79 Å². The van der Waals surface area contributed by atoms with Crippen molar-refractivity contribution in [2.45, 2.75) is 43.5 Å². The van der Waals surface area contributed by atoms with E-state index in [4.69, 9.17) is 4.74 Å². The fourth-order valence-electron chi connectivity index (χ4n) is 3.54. The van der Waals surface area contributed by atoms with Gasteiger partial charge in [-0.25, -0.2) is 13.1 Å². The zero-order valence-corrected chi connectivity index (χ0v) is 18.8.